The smallest absolute Gasteiger partial charge is 0.335 e. The Labute approximate surface area is 109 Å². The highest BCUT2D eigenvalue weighted by atomic mass is 35.5. The van der Waals surface area contributed by atoms with Gasteiger partial charge in [-0.3, -0.25) is 4.79 Å². The second-order valence-corrected chi connectivity index (χ2v) is 4.18. The molecule has 0 atom stereocenters. The van der Waals surface area contributed by atoms with Crippen molar-refractivity contribution in [3.8, 4) is 5.88 Å². The van der Waals surface area contributed by atoms with Crippen molar-refractivity contribution in [3.05, 3.63) is 62.2 Å². The first-order valence-corrected chi connectivity index (χ1v) is 5.65. The van der Waals surface area contributed by atoms with Crippen LogP contribution in [-0.4, -0.2) is 9.55 Å². The van der Waals surface area contributed by atoms with Gasteiger partial charge in [0.15, 0.2) is 5.22 Å². The zero-order valence-electron chi connectivity index (χ0n) is 9.31. The third kappa shape index (κ3) is 1.77. The van der Waals surface area contributed by atoms with Crippen LogP contribution in [0.1, 0.15) is 0 Å². The monoisotopic (exact) mass is 280 g/mol. The summed E-state index contributed by atoms with van der Waals surface area (Å²) in [7, 11) is 0. The molecule has 7 heteroatoms. The van der Waals surface area contributed by atoms with Crippen LogP contribution in [0.4, 0.5) is 4.39 Å². The molecule has 0 amide bonds. The molecule has 0 aliphatic rings. The summed E-state index contributed by atoms with van der Waals surface area (Å²) in [4.78, 5) is 26.4. The molecular weight excluding hydrogens is 275 g/mol. The predicted octanol–water partition coefficient (Wildman–Crippen LogP) is 2.06. The molecule has 0 fully saturated rings. The quantitative estimate of drug-likeness (QED) is 0.742. The summed E-state index contributed by atoms with van der Waals surface area (Å²) >= 11 is 5.60. The van der Waals surface area contributed by atoms with Gasteiger partial charge in [-0.15, -0.1) is 0 Å². The van der Waals surface area contributed by atoms with Crippen molar-refractivity contribution in [2.45, 2.75) is 0 Å². The van der Waals surface area contributed by atoms with Crippen LogP contribution in [0.25, 0.3) is 16.8 Å². The van der Waals surface area contributed by atoms with E-state index in [2.05, 4.69) is 4.98 Å². The van der Waals surface area contributed by atoms with Gasteiger partial charge in [-0.25, -0.2) is 9.18 Å². The number of nitrogens with one attached hydrogen (secondary N) is 1. The lowest BCUT2D eigenvalue weighted by Crippen LogP contribution is -2.33. The highest BCUT2D eigenvalue weighted by molar-refractivity contribution is 6.28. The number of aromatic amines is 1. The van der Waals surface area contributed by atoms with Gasteiger partial charge < -0.3 is 9.40 Å². The molecule has 5 nitrogen and oxygen atoms in total. The largest absolute Gasteiger partial charge is 0.428 e. The topological polar surface area (TPSA) is 68.0 Å². The lowest BCUT2D eigenvalue weighted by Gasteiger charge is -2.03. The summed E-state index contributed by atoms with van der Waals surface area (Å²) in [5.74, 6) is -0.786. The van der Waals surface area contributed by atoms with Crippen LogP contribution >= 0.6 is 11.6 Å². The minimum absolute atomic E-state index is 0.0231. The molecule has 3 rings (SSSR count). The van der Waals surface area contributed by atoms with Gasteiger partial charge in [-0.1, -0.05) is 6.07 Å². The number of fused-ring (bicyclic) bond motifs is 1. The van der Waals surface area contributed by atoms with Gasteiger partial charge in [0, 0.05) is 6.07 Å². The highest BCUT2D eigenvalue weighted by Crippen LogP contribution is 2.16. The van der Waals surface area contributed by atoms with E-state index in [9.17, 15) is 14.0 Å². The fraction of sp³-hybridized carbons (Fsp3) is 0. The minimum Gasteiger partial charge on any atom is -0.428 e. The summed E-state index contributed by atoms with van der Waals surface area (Å²) in [5, 5.41) is -0.190. The van der Waals surface area contributed by atoms with E-state index in [4.69, 9.17) is 16.0 Å². The molecule has 2 aromatic heterocycles. The minimum atomic E-state index is -0.803. The highest BCUT2D eigenvalue weighted by Gasteiger charge is 2.14. The van der Waals surface area contributed by atoms with Crippen LogP contribution in [-0.2, 0) is 0 Å². The maximum absolute atomic E-state index is 13.7. The standard InChI is InChI=1S/C12H6ClFN2O3/c13-8-4-5-9(19-8)16-11(17)10-6(14)2-1-3-7(10)15-12(16)18/h1-5H,(H,15,18). The molecule has 2 heterocycles. The number of hydrogen-bond acceptors (Lipinski definition) is 3. The van der Waals surface area contributed by atoms with Gasteiger partial charge in [-0.2, -0.15) is 4.57 Å². The summed E-state index contributed by atoms with van der Waals surface area (Å²) in [6, 6.07) is 6.73. The SMILES string of the molecule is O=c1[nH]c2cccc(F)c2c(=O)n1-c1ccc(Cl)o1. The van der Waals surface area contributed by atoms with Gasteiger partial charge in [-0.05, 0) is 29.8 Å². The molecule has 3 aromatic rings. The van der Waals surface area contributed by atoms with Crippen molar-refractivity contribution in [2.24, 2.45) is 0 Å². The molecule has 19 heavy (non-hydrogen) atoms. The molecule has 1 N–H and O–H groups in total. The van der Waals surface area contributed by atoms with Crippen LogP contribution in [0.15, 0.2) is 44.3 Å². The Kier molecular flexibility index (Phi) is 2.53. The number of nitrogens with zero attached hydrogens (tertiary/aromatic N) is 1. The van der Waals surface area contributed by atoms with Gasteiger partial charge in [0.2, 0.25) is 5.88 Å². The Morgan fingerprint density at radius 1 is 1.21 bits per heavy atom. The average Bonchev–Trinajstić information content (AvgIpc) is 2.75. The van der Waals surface area contributed by atoms with Crippen molar-refractivity contribution in [1.29, 1.82) is 0 Å². The predicted molar refractivity (Wildman–Crippen MR) is 67.4 cm³/mol. The molecule has 1 aromatic carbocycles. The summed E-state index contributed by atoms with van der Waals surface area (Å²) in [6.45, 7) is 0. The number of H-pyrrole nitrogens is 1. The number of aromatic nitrogens is 2. The van der Waals surface area contributed by atoms with Crippen molar-refractivity contribution in [2.75, 3.05) is 0 Å². The average molecular weight is 281 g/mol. The molecule has 96 valence electrons. The zero-order chi connectivity index (χ0) is 13.6. The fourth-order valence-corrected chi connectivity index (χ4v) is 1.99. The molecule has 0 aliphatic heterocycles. The first-order chi connectivity index (χ1) is 9.08. The van der Waals surface area contributed by atoms with Crippen LogP contribution in [0.3, 0.4) is 0 Å². The second kappa shape index (κ2) is 4.10. The lowest BCUT2D eigenvalue weighted by atomic mass is 10.2. The summed E-state index contributed by atoms with van der Waals surface area (Å²) < 4.78 is 19.4. The number of benzene rings is 1. The van der Waals surface area contributed by atoms with E-state index >= 15 is 0 Å². The number of halogens is 2. The van der Waals surface area contributed by atoms with Crippen LogP contribution in [0.2, 0.25) is 5.22 Å². The van der Waals surface area contributed by atoms with E-state index in [1.54, 1.807) is 0 Å². The Morgan fingerprint density at radius 3 is 2.68 bits per heavy atom. The van der Waals surface area contributed by atoms with E-state index in [-0.39, 0.29) is 22.0 Å². The van der Waals surface area contributed by atoms with Crippen LogP contribution < -0.4 is 11.2 Å². The molecule has 0 saturated heterocycles. The van der Waals surface area contributed by atoms with Crippen molar-refractivity contribution in [3.63, 3.8) is 0 Å². The normalized spacial score (nSPS) is 11.1. The zero-order valence-corrected chi connectivity index (χ0v) is 10.1. The van der Waals surface area contributed by atoms with E-state index in [1.807, 2.05) is 0 Å². The summed E-state index contributed by atoms with van der Waals surface area (Å²) in [5.41, 5.74) is -1.40. The Morgan fingerprint density at radius 2 is 2.00 bits per heavy atom. The first kappa shape index (κ1) is 11.7. The molecule has 0 bridgehead atoms. The maximum atomic E-state index is 13.7. The van der Waals surface area contributed by atoms with Crippen molar-refractivity contribution in [1.82, 2.24) is 9.55 Å². The molecule has 0 radical (unpaired) electrons. The number of furan rings is 1. The van der Waals surface area contributed by atoms with E-state index in [0.29, 0.717) is 4.57 Å². The van der Waals surface area contributed by atoms with E-state index < -0.39 is 17.1 Å². The van der Waals surface area contributed by atoms with Crippen LogP contribution in [0.5, 0.6) is 0 Å². The molecule has 0 aliphatic carbocycles. The van der Waals surface area contributed by atoms with E-state index in [1.165, 1.54) is 24.3 Å². The van der Waals surface area contributed by atoms with Gasteiger partial charge in [0.25, 0.3) is 5.56 Å². The molecule has 0 spiro atoms. The fourth-order valence-electron chi connectivity index (χ4n) is 1.85. The molecular formula is C12H6ClFN2O3. The van der Waals surface area contributed by atoms with Crippen LogP contribution in [0, 0.1) is 5.82 Å². The second-order valence-electron chi connectivity index (χ2n) is 3.81. The van der Waals surface area contributed by atoms with E-state index in [0.717, 1.165) is 6.07 Å². The van der Waals surface area contributed by atoms with Crippen molar-refractivity contribution < 1.29 is 8.81 Å². The Bertz CT molecular complexity index is 894. The third-order valence-electron chi connectivity index (χ3n) is 2.65. The number of hydrogen-bond donors (Lipinski definition) is 1. The van der Waals surface area contributed by atoms with Gasteiger partial charge in [0.05, 0.1) is 10.9 Å². The third-order valence-corrected chi connectivity index (χ3v) is 2.86. The Balaban J connectivity index is 2.47. The van der Waals surface area contributed by atoms with Crippen molar-refractivity contribution >= 4 is 22.5 Å². The van der Waals surface area contributed by atoms with Gasteiger partial charge >= 0.3 is 5.69 Å². The maximum Gasteiger partial charge on any atom is 0.335 e. The Hall–Kier alpha value is -2.34. The molecule has 0 saturated carbocycles. The number of rotatable bonds is 1. The summed E-state index contributed by atoms with van der Waals surface area (Å²) in [6.07, 6.45) is 0. The first-order valence-electron chi connectivity index (χ1n) is 5.27. The lowest BCUT2D eigenvalue weighted by molar-refractivity contribution is 0.529. The molecule has 0 unspecified atom stereocenters. The van der Waals surface area contributed by atoms with Gasteiger partial charge in [0.1, 0.15) is 5.82 Å².